The van der Waals surface area contributed by atoms with Gasteiger partial charge in [-0.1, -0.05) is 24.3 Å². The number of nitrogens with two attached hydrogens (primary N) is 1. The highest BCUT2D eigenvalue weighted by Gasteiger charge is 2.18. The van der Waals surface area contributed by atoms with Gasteiger partial charge in [0.15, 0.2) is 0 Å². The first-order valence-electron chi connectivity index (χ1n) is 6.76. The molecule has 1 aromatic rings. The van der Waals surface area contributed by atoms with E-state index in [0.29, 0.717) is 0 Å². The van der Waals surface area contributed by atoms with Crippen LogP contribution in [0.4, 0.5) is 0 Å². The summed E-state index contributed by atoms with van der Waals surface area (Å²) in [7, 11) is 0. The Hall–Kier alpha value is -0.860. The molecule has 2 N–H and O–H groups in total. The first kappa shape index (κ1) is 12.6. The van der Waals surface area contributed by atoms with E-state index in [0.717, 1.165) is 19.0 Å². The molecule has 94 valence electrons. The lowest BCUT2D eigenvalue weighted by Gasteiger charge is -2.32. The molecule has 0 unspecified atom stereocenters. The van der Waals surface area contributed by atoms with Crippen LogP contribution in [-0.4, -0.2) is 24.5 Å². The summed E-state index contributed by atoms with van der Waals surface area (Å²) < 4.78 is 0. The first-order valence-corrected chi connectivity index (χ1v) is 6.76. The fraction of sp³-hybridized carbons (Fsp3) is 0.600. The van der Waals surface area contributed by atoms with E-state index >= 15 is 0 Å². The number of hydrogen-bond acceptors (Lipinski definition) is 2. The molecule has 1 fully saturated rings. The quantitative estimate of drug-likeness (QED) is 0.864. The van der Waals surface area contributed by atoms with Gasteiger partial charge in [0.25, 0.3) is 0 Å². The monoisotopic (exact) mass is 232 g/mol. The summed E-state index contributed by atoms with van der Waals surface area (Å²) >= 11 is 0. The molecule has 0 saturated carbocycles. The number of nitrogens with zero attached hydrogens (tertiary/aromatic N) is 1. The number of hydrogen-bond donors (Lipinski definition) is 1. The summed E-state index contributed by atoms with van der Waals surface area (Å²) in [6.07, 6.45) is 3.85. The van der Waals surface area contributed by atoms with Crippen molar-refractivity contribution in [2.24, 2.45) is 11.7 Å². The number of rotatable bonds is 4. The van der Waals surface area contributed by atoms with E-state index in [4.69, 9.17) is 5.73 Å². The van der Waals surface area contributed by atoms with Crippen molar-refractivity contribution in [3.63, 3.8) is 0 Å². The lowest BCUT2D eigenvalue weighted by atomic mass is 9.93. The van der Waals surface area contributed by atoms with Crippen LogP contribution in [0.3, 0.4) is 0 Å². The third kappa shape index (κ3) is 3.55. The molecule has 2 rings (SSSR count). The van der Waals surface area contributed by atoms with Crippen LogP contribution in [0.25, 0.3) is 0 Å². The van der Waals surface area contributed by atoms with Crippen molar-refractivity contribution in [2.75, 3.05) is 19.6 Å². The fourth-order valence-corrected chi connectivity index (χ4v) is 2.70. The Morgan fingerprint density at radius 1 is 1.24 bits per heavy atom. The van der Waals surface area contributed by atoms with E-state index < -0.39 is 0 Å². The molecule has 1 saturated heterocycles. The second kappa shape index (κ2) is 6.18. The Morgan fingerprint density at radius 3 is 2.59 bits per heavy atom. The van der Waals surface area contributed by atoms with Gasteiger partial charge in [-0.15, -0.1) is 0 Å². The smallest absolute Gasteiger partial charge is 0.0236 e. The van der Waals surface area contributed by atoms with Gasteiger partial charge in [-0.2, -0.15) is 0 Å². The predicted molar refractivity (Wildman–Crippen MR) is 72.9 cm³/mol. The molecule has 2 nitrogen and oxygen atoms in total. The van der Waals surface area contributed by atoms with Gasteiger partial charge in [0.1, 0.15) is 0 Å². The van der Waals surface area contributed by atoms with Gasteiger partial charge in [0.05, 0.1) is 0 Å². The third-order valence-corrected chi connectivity index (χ3v) is 3.94. The van der Waals surface area contributed by atoms with Gasteiger partial charge >= 0.3 is 0 Å². The molecular formula is C15H24N2. The number of piperidine rings is 1. The van der Waals surface area contributed by atoms with E-state index in [1.807, 2.05) is 0 Å². The zero-order chi connectivity index (χ0) is 12.1. The molecule has 1 aliphatic rings. The Kier molecular flexibility index (Phi) is 4.57. The summed E-state index contributed by atoms with van der Waals surface area (Å²) in [5.74, 6) is 0.869. The molecule has 2 heteroatoms. The highest BCUT2D eigenvalue weighted by atomic mass is 15.1. The number of likely N-dealkylation sites (tertiary alicyclic amines) is 1. The lowest BCUT2D eigenvalue weighted by molar-refractivity contribution is 0.173. The summed E-state index contributed by atoms with van der Waals surface area (Å²) in [5, 5.41) is 0. The minimum atomic E-state index is 0.850. The normalized spacial score (nSPS) is 18.5. The van der Waals surface area contributed by atoms with Gasteiger partial charge < -0.3 is 5.73 Å². The molecule has 1 aromatic carbocycles. The molecule has 0 amide bonds. The highest BCUT2D eigenvalue weighted by Crippen LogP contribution is 2.21. The average molecular weight is 232 g/mol. The maximum Gasteiger partial charge on any atom is 0.0236 e. The van der Waals surface area contributed by atoms with Crippen molar-refractivity contribution in [1.82, 2.24) is 4.90 Å². The van der Waals surface area contributed by atoms with Crippen LogP contribution in [-0.2, 0) is 6.54 Å². The zero-order valence-electron chi connectivity index (χ0n) is 10.9. The minimum absolute atomic E-state index is 0.850. The van der Waals surface area contributed by atoms with Crippen molar-refractivity contribution < 1.29 is 0 Å². The highest BCUT2D eigenvalue weighted by molar-refractivity contribution is 5.25. The summed E-state index contributed by atoms with van der Waals surface area (Å²) in [6, 6.07) is 8.72. The average Bonchev–Trinajstić information content (AvgIpc) is 2.35. The van der Waals surface area contributed by atoms with Gasteiger partial charge in [-0.05, 0) is 62.9 Å². The molecule has 0 aliphatic carbocycles. The molecule has 0 spiro atoms. The summed E-state index contributed by atoms with van der Waals surface area (Å²) in [6.45, 7) is 6.64. The van der Waals surface area contributed by atoms with Crippen molar-refractivity contribution in [2.45, 2.75) is 32.7 Å². The molecule has 0 bridgehead atoms. The second-order valence-electron chi connectivity index (χ2n) is 5.22. The van der Waals surface area contributed by atoms with Crippen LogP contribution in [0.2, 0.25) is 0 Å². The minimum Gasteiger partial charge on any atom is -0.330 e. The molecule has 0 aromatic heterocycles. The van der Waals surface area contributed by atoms with Crippen LogP contribution in [0.15, 0.2) is 24.3 Å². The van der Waals surface area contributed by atoms with Crippen molar-refractivity contribution >= 4 is 0 Å². The van der Waals surface area contributed by atoms with E-state index in [2.05, 4.69) is 36.1 Å². The predicted octanol–water partition coefficient (Wildman–Crippen LogP) is 2.56. The zero-order valence-corrected chi connectivity index (χ0v) is 10.9. The van der Waals surface area contributed by atoms with Crippen molar-refractivity contribution in [1.29, 1.82) is 0 Å². The van der Waals surface area contributed by atoms with Crippen LogP contribution in [0.5, 0.6) is 0 Å². The molecule has 0 atom stereocenters. The van der Waals surface area contributed by atoms with Crippen LogP contribution in [0.1, 0.15) is 30.4 Å². The van der Waals surface area contributed by atoms with E-state index in [1.54, 1.807) is 0 Å². The maximum atomic E-state index is 5.62. The maximum absolute atomic E-state index is 5.62. The topological polar surface area (TPSA) is 29.3 Å². The van der Waals surface area contributed by atoms with E-state index in [-0.39, 0.29) is 0 Å². The Morgan fingerprint density at radius 2 is 1.94 bits per heavy atom. The van der Waals surface area contributed by atoms with E-state index in [9.17, 15) is 0 Å². The lowest BCUT2D eigenvalue weighted by Crippen LogP contribution is -2.34. The van der Waals surface area contributed by atoms with E-state index in [1.165, 1.54) is 43.5 Å². The largest absolute Gasteiger partial charge is 0.330 e. The van der Waals surface area contributed by atoms with Crippen LogP contribution < -0.4 is 5.73 Å². The Labute approximate surface area is 105 Å². The van der Waals surface area contributed by atoms with Gasteiger partial charge in [0.2, 0.25) is 0 Å². The fourth-order valence-electron chi connectivity index (χ4n) is 2.70. The number of aryl methyl sites for hydroxylation is 1. The van der Waals surface area contributed by atoms with Crippen molar-refractivity contribution in [3.8, 4) is 0 Å². The van der Waals surface area contributed by atoms with Gasteiger partial charge in [-0.3, -0.25) is 4.90 Å². The summed E-state index contributed by atoms with van der Waals surface area (Å²) in [5.41, 5.74) is 8.51. The SMILES string of the molecule is Cc1ccccc1CN1CCC(CCN)CC1. The molecule has 1 heterocycles. The molecular weight excluding hydrogens is 208 g/mol. The first-order chi connectivity index (χ1) is 8.29. The van der Waals surface area contributed by atoms with Gasteiger partial charge in [0, 0.05) is 6.54 Å². The molecule has 1 aliphatic heterocycles. The standard InChI is InChI=1S/C15H24N2/c1-13-4-2-3-5-15(13)12-17-10-7-14(6-9-16)8-11-17/h2-5,14H,6-12,16H2,1H3. The van der Waals surface area contributed by atoms with Crippen LogP contribution in [0, 0.1) is 12.8 Å². The summed E-state index contributed by atoms with van der Waals surface area (Å²) in [4.78, 5) is 2.58. The molecule has 17 heavy (non-hydrogen) atoms. The second-order valence-corrected chi connectivity index (χ2v) is 5.22. The third-order valence-electron chi connectivity index (χ3n) is 3.94. The van der Waals surface area contributed by atoms with Crippen LogP contribution >= 0.6 is 0 Å². The Balaban J connectivity index is 1.84. The van der Waals surface area contributed by atoms with Crippen molar-refractivity contribution in [3.05, 3.63) is 35.4 Å². The number of benzene rings is 1. The Bertz CT molecular complexity index is 341. The van der Waals surface area contributed by atoms with Gasteiger partial charge in [-0.25, -0.2) is 0 Å². The molecule has 0 radical (unpaired) electrons.